The van der Waals surface area contributed by atoms with Crippen LogP contribution in [0.25, 0.3) is 0 Å². The Labute approximate surface area is 139 Å². The van der Waals surface area contributed by atoms with Gasteiger partial charge in [0.1, 0.15) is 0 Å². The van der Waals surface area contributed by atoms with E-state index in [4.69, 9.17) is 11.1 Å². The fourth-order valence-electron chi connectivity index (χ4n) is 5.70. The van der Waals surface area contributed by atoms with Gasteiger partial charge < -0.3 is 11.1 Å². The first-order chi connectivity index (χ1) is 11.0. The zero-order valence-corrected chi connectivity index (χ0v) is 14.2. The van der Waals surface area contributed by atoms with Crippen LogP contribution in [0.2, 0.25) is 0 Å². The van der Waals surface area contributed by atoms with Crippen LogP contribution in [0.3, 0.4) is 0 Å². The molecule has 3 unspecified atom stereocenters. The lowest BCUT2D eigenvalue weighted by Crippen LogP contribution is -2.42. The predicted molar refractivity (Wildman–Crippen MR) is 95.8 cm³/mol. The Morgan fingerprint density at radius 2 is 2.04 bits per heavy atom. The largest absolute Gasteiger partial charge is 0.398 e. The quantitative estimate of drug-likeness (QED) is 0.537. The predicted octanol–water partition coefficient (Wildman–Crippen LogP) is 4.52. The van der Waals surface area contributed by atoms with Crippen LogP contribution in [0, 0.1) is 34.5 Å². The maximum absolute atomic E-state index is 8.40. The number of nitrogens with two attached hydrogens (primary N) is 1. The van der Waals surface area contributed by atoms with Gasteiger partial charge in [0.2, 0.25) is 0 Å². The number of hydrogen-bond acceptors (Lipinski definition) is 2. The van der Waals surface area contributed by atoms with Crippen LogP contribution in [-0.4, -0.2) is 5.71 Å². The van der Waals surface area contributed by atoms with Crippen molar-refractivity contribution in [3.8, 4) is 11.8 Å². The van der Waals surface area contributed by atoms with Crippen molar-refractivity contribution in [2.24, 2.45) is 17.3 Å². The Hall–Kier alpha value is -1.75. The van der Waals surface area contributed by atoms with Gasteiger partial charge in [-0.1, -0.05) is 12.8 Å². The van der Waals surface area contributed by atoms with Crippen LogP contribution in [0.1, 0.15) is 68.6 Å². The number of nitrogens with one attached hydrogen (secondary N) is 1. The fourth-order valence-corrected chi connectivity index (χ4v) is 5.70. The first-order valence-electron chi connectivity index (χ1n) is 8.97. The Morgan fingerprint density at radius 1 is 1.22 bits per heavy atom. The molecule has 3 aliphatic rings. The second-order valence-electron chi connectivity index (χ2n) is 7.90. The number of benzene rings is 1. The van der Waals surface area contributed by atoms with Crippen molar-refractivity contribution in [1.29, 1.82) is 5.41 Å². The van der Waals surface area contributed by atoms with Crippen LogP contribution in [0.15, 0.2) is 12.1 Å². The molecule has 1 aromatic rings. The van der Waals surface area contributed by atoms with E-state index in [-0.39, 0.29) is 5.41 Å². The van der Waals surface area contributed by atoms with Crippen LogP contribution in [0.5, 0.6) is 0 Å². The molecule has 3 aliphatic carbocycles. The SMILES string of the molecule is CC#Cc1cc2c(cc1N)CCC1C2CC[C@]2(C)C(=N)CCC12. The second-order valence-corrected chi connectivity index (χ2v) is 7.90. The lowest BCUT2D eigenvalue weighted by molar-refractivity contribution is 0.0953. The maximum Gasteiger partial charge on any atom is 0.0477 e. The molecule has 0 aromatic heterocycles. The smallest absolute Gasteiger partial charge is 0.0477 e. The summed E-state index contributed by atoms with van der Waals surface area (Å²) < 4.78 is 0. The summed E-state index contributed by atoms with van der Waals surface area (Å²) >= 11 is 0. The summed E-state index contributed by atoms with van der Waals surface area (Å²) in [6.45, 7) is 4.23. The van der Waals surface area contributed by atoms with Gasteiger partial charge in [-0.3, -0.25) is 0 Å². The highest BCUT2D eigenvalue weighted by atomic mass is 14.6. The summed E-state index contributed by atoms with van der Waals surface area (Å²) in [4.78, 5) is 0. The molecule has 120 valence electrons. The molecule has 0 saturated heterocycles. The lowest BCUT2D eigenvalue weighted by Gasteiger charge is -2.49. The highest BCUT2D eigenvalue weighted by Gasteiger charge is 2.52. The van der Waals surface area contributed by atoms with Crippen molar-refractivity contribution in [1.82, 2.24) is 0 Å². The summed E-state index contributed by atoms with van der Waals surface area (Å²) in [7, 11) is 0. The molecule has 2 heteroatoms. The zero-order valence-electron chi connectivity index (χ0n) is 14.2. The maximum atomic E-state index is 8.40. The Kier molecular flexibility index (Phi) is 3.30. The van der Waals surface area contributed by atoms with Crippen molar-refractivity contribution in [3.05, 3.63) is 28.8 Å². The highest BCUT2D eigenvalue weighted by Crippen LogP contribution is 2.59. The number of rotatable bonds is 0. The van der Waals surface area contributed by atoms with Crippen LogP contribution in [-0.2, 0) is 6.42 Å². The summed E-state index contributed by atoms with van der Waals surface area (Å²) in [6.07, 6.45) is 7.05. The average molecular weight is 306 g/mol. The molecular formula is C21H26N2. The zero-order chi connectivity index (χ0) is 16.2. The van der Waals surface area contributed by atoms with E-state index in [1.54, 1.807) is 0 Å². The average Bonchev–Trinajstić information content (AvgIpc) is 2.84. The van der Waals surface area contributed by atoms with Gasteiger partial charge in [0, 0.05) is 22.4 Å². The van der Waals surface area contributed by atoms with E-state index in [2.05, 4.69) is 30.9 Å². The molecule has 4 atom stereocenters. The van der Waals surface area contributed by atoms with E-state index in [1.807, 2.05) is 6.92 Å². The van der Waals surface area contributed by atoms with Crippen molar-refractivity contribution in [2.75, 3.05) is 5.73 Å². The molecule has 1 aromatic carbocycles. The summed E-state index contributed by atoms with van der Waals surface area (Å²) in [5.74, 6) is 8.27. The van der Waals surface area contributed by atoms with Crippen molar-refractivity contribution >= 4 is 11.4 Å². The van der Waals surface area contributed by atoms with Gasteiger partial charge in [0.15, 0.2) is 0 Å². The third-order valence-corrected chi connectivity index (χ3v) is 6.94. The highest BCUT2D eigenvalue weighted by molar-refractivity contribution is 5.89. The van der Waals surface area contributed by atoms with Crippen LogP contribution < -0.4 is 5.73 Å². The van der Waals surface area contributed by atoms with Gasteiger partial charge >= 0.3 is 0 Å². The van der Waals surface area contributed by atoms with Crippen molar-refractivity contribution < 1.29 is 0 Å². The minimum Gasteiger partial charge on any atom is -0.398 e. The molecule has 0 bridgehead atoms. The molecule has 23 heavy (non-hydrogen) atoms. The fraction of sp³-hybridized carbons (Fsp3) is 0.571. The van der Waals surface area contributed by atoms with Crippen molar-refractivity contribution in [2.45, 2.75) is 58.3 Å². The van der Waals surface area contributed by atoms with Gasteiger partial charge in [-0.15, -0.1) is 5.92 Å². The summed E-state index contributed by atoms with van der Waals surface area (Å²) in [5.41, 5.74) is 12.2. The lowest BCUT2D eigenvalue weighted by atomic mass is 9.55. The molecule has 4 rings (SSSR count). The van der Waals surface area contributed by atoms with Gasteiger partial charge in [-0.2, -0.15) is 0 Å². The van der Waals surface area contributed by atoms with E-state index in [1.165, 1.54) is 36.8 Å². The number of fused-ring (bicyclic) bond motifs is 5. The standard InChI is InChI=1S/C21H26N2/c1-3-4-14-11-17-13(12-19(14)22)5-6-16-15(17)9-10-21(2)18(16)7-8-20(21)23/h11-12,15-16,18,23H,5-10,22H2,1-2H3/t15?,16?,18?,21-/m0/s1. The number of anilines is 1. The normalized spacial score (nSPS) is 34.9. The Bertz CT molecular complexity index is 736. The van der Waals surface area contributed by atoms with E-state index in [9.17, 15) is 0 Å². The Balaban J connectivity index is 1.75. The Morgan fingerprint density at radius 3 is 2.83 bits per heavy atom. The molecule has 2 nitrogen and oxygen atoms in total. The summed E-state index contributed by atoms with van der Waals surface area (Å²) in [6, 6.07) is 4.46. The molecule has 2 saturated carbocycles. The minimum atomic E-state index is 0.179. The first kappa shape index (κ1) is 14.8. The van der Waals surface area contributed by atoms with E-state index in [0.717, 1.165) is 35.7 Å². The minimum absolute atomic E-state index is 0.179. The van der Waals surface area contributed by atoms with Crippen molar-refractivity contribution in [3.63, 3.8) is 0 Å². The molecule has 2 fully saturated rings. The van der Waals surface area contributed by atoms with E-state index < -0.39 is 0 Å². The molecular weight excluding hydrogens is 280 g/mol. The molecule has 0 radical (unpaired) electrons. The molecule has 0 spiro atoms. The third-order valence-electron chi connectivity index (χ3n) is 6.94. The third kappa shape index (κ3) is 2.06. The summed E-state index contributed by atoms with van der Waals surface area (Å²) in [5, 5.41) is 8.40. The number of nitrogen functional groups attached to an aromatic ring is 1. The van der Waals surface area contributed by atoms with Gasteiger partial charge in [0.25, 0.3) is 0 Å². The van der Waals surface area contributed by atoms with Gasteiger partial charge in [0.05, 0.1) is 0 Å². The monoisotopic (exact) mass is 306 g/mol. The molecule has 0 amide bonds. The van der Waals surface area contributed by atoms with Gasteiger partial charge in [-0.25, -0.2) is 0 Å². The topological polar surface area (TPSA) is 49.9 Å². The second kappa shape index (κ2) is 5.13. The van der Waals surface area contributed by atoms with Gasteiger partial charge in [-0.05, 0) is 86.5 Å². The van der Waals surface area contributed by atoms with Crippen LogP contribution >= 0.6 is 0 Å². The molecule has 0 heterocycles. The van der Waals surface area contributed by atoms with E-state index in [0.29, 0.717) is 11.8 Å². The van der Waals surface area contributed by atoms with Crippen LogP contribution in [0.4, 0.5) is 5.69 Å². The molecule has 3 N–H and O–H groups in total. The van der Waals surface area contributed by atoms with E-state index >= 15 is 0 Å². The molecule has 0 aliphatic heterocycles. The number of aryl methyl sites for hydroxylation is 1. The number of hydrogen-bond donors (Lipinski definition) is 2. The first-order valence-corrected chi connectivity index (χ1v) is 8.97.